The summed E-state index contributed by atoms with van der Waals surface area (Å²) in [5.41, 5.74) is 0.172. The highest BCUT2D eigenvalue weighted by Gasteiger charge is 2.52. The van der Waals surface area contributed by atoms with Crippen molar-refractivity contribution in [3.63, 3.8) is 0 Å². The molecule has 3 saturated carbocycles. The van der Waals surface area contributed by atoms with Gasteiger partial charge in [-0.2, -0.15) is 13.2 Å². The molecule has 3 aliphatic carbocycles. The van der Waals surface area contributed by atoms with E-state index >= 15 is 0 Å². The number of nitrogens with one attached hydrogen (secondary N) is 3. The van der Waals surface area contributed by atoms with Crippen molar-refractivity contribution in [2.45, 2.75) is 134 Å². The second-order valence-electron chi connectivity index (χ2n) is 15.9. The van der Waals surface area contributed by atoms with Gasteiger partial charge in [-0.1, -0.05) is 45.6 Å². The summed E-state index contributed by atoms with van der Waals surface area (Å²) in [7, 11) is 0. The van der Waals surface area contributed by atoms with Gasteiger partial charge in [0, 0.05) is 49.9 Å². The maximum atomic E-state index is 14.7. The highest BCUT2D eigenvalue weighted by Crippen LogP contribution is 2.44. The zero-order valence-corrected chi connectivity index (χ0v) is 32.1. The van der Waals surface area contributed by atoms with Gasteiger partial charge < -0.3 is 25.6 Å². The average molecular weight is 789 g/mol. The summed E-state index contributed by atoms with van der Waals surface area (Å²) in [5, 5.41) is 8.51. The maximum absolute atomic E-state index is 14.7. The zero-order valence-electron chi connectivity index (χ0n) is 32.1. The number of nitrogens with zero attached hydrogens (tertiary/aromatic N) is 3. The van der Waals surface area contributed by atoms with Crippen LogP contribution in [0.1, 0.15) is 114 Å². The third-order valence-electron chi connectivity index (χ3n) is 11.9. The number of aromatic nitrogens is 2. The Labute approximate surface area is 325 Å². The van der Waals surface area contributed by atoms with Crippen LogP contribution in [-0.2, 0) is 28.7 Å². The Kier molecular flexibility index (Phi) is 15.0. The molecule has 16 heteroatoms. The first-order chi connectivity index (χ1) is 26.8. The van der Waals surface area contributed by atoms with Crippen LogP contribution in [0.5, 0.6) is 0 Å². The standard InChI is InChI=1S/C40H55F3N6O7/c1-3-9-25(35(37(53)47-28-15-16-28)56-39(55)40(41,42)43)20-32(50)34-29-13-8-12-27(29)23-49(34)38(54)26(21-46-33(51)4-2)14-17-30(24-10-6-5-7-11-24)48-36(52)31-22-44-18-19-45-31/h4,18-19,22,24-30,34-35H,2-3,5-17,20-21,23H2,1H3,(H,46,51)(H,47,53)(H,48,52)/t25-,26+,27+,29+,30-,34+,35?/m1/s1. The van der Waals surface area contributed by atoms with Crippen molar-refractivity contribution in [1.29, 1.82) is 0 Å². The summed E-state index contributed by atoms with van der Waals surface area (Å²) < 4.78 is 45.0. The van der Waals surface area contributed by atoms with Gasteiger partial charge in [0.05, 0.1) is 18.2 Å². The Bertz CT molecular complexity index is 1570. The Balaban J connectivity index is 1.37. The fourth-order valence-corrected chi connectivity index (χ4v) is 8.96. The normalized spacial score (nSPS) is 23.2. The lowest BCUT2D eigenvalue weighted by Crippen LogP contribution is -2.50. The summed E-state index contributed by atoms with van der Waals surface area (Å²) in [6, 6.07) is -1.42. The molecule has 1 aromatic rings. The van der Waals surface area contributed by atoms with Crippen molar-refractivity contribution < 1.29 is 46.7 Å². The molecule has 7 atom stereocenters. The summed E-state index contributed by atoms with van der Waals surface area (Å²) in [6.45, 7) is 5.54. The molecule has 3 N–H and O–H groups in total. The lowest BCUT2D eigenvalue weighted by Gasteiger charge is -2.34. The number of alkyl halides is 3. The molecule has 0 radical (unpaired) electrons. The largest absolute Gasteiger partial charge is 0.490 e. The van der Waals surface area contributed by atoms with Gasteiger partial charge in [-0.05, 0) is 81.6 Å². The highest BCUT2D eigenvalue weighted by molar-refractivity contribution is 5.93. The number of carbonyl (C=O) groups excluding carboxylic acids is 6. The topological polar surface area (TPSA) is 177 Å². The number of hydrogen-bond donors (Lipinski definition) is 3. The number of ether oxygens (including phenoxy) is 1. The molecule has 5 rings (SSSR count). The van der Waals surface area contributed by atoms with E-state index in [4.69, 9.17) is 4.74 Å². The summed E-state index contributed by atoms with van der Waals surface area (Å²) in [5.74, 6) is -6.78. The first kappa shape index (κ1) is 42.8. The van der Waals surface area contributed by atoms with E-state index in [9.17, 15) is 41.9 Å². The molecule has 1 aromatic heterocycles. The average Bonchev–Trinajstić information content (AvgIpc) is 3.75. The van der Waals surface area contributed by atoms with E-state index in [-0.39, 0.29) is 73.2 Å². The predicted molar refractivity (Wildman–Crippen MR) is 197 cm³/mol. The lowest BCUT2D eigenvalue weighted by atomic mass is 9.81. The van der Waals surface area contributed by atoms with Gasteiger partial charge in [-0.3, -0.25) is 29.0 Å². The van der Waals surface area contributed by atoms with Crippen LogP contribution < -0.4 is 16.0 Å². The van der Waals surface area contributed by atoms with E-state index in [0.717, 1.165) is 51.0 Å². The van der Waals surface area contributed by atoms with Crippen LogP contribution in [0.25, 0.3) is 0 Å². The number of hydrogen-bond acceptors (Lipinski definition) is 9. The second-order valence-corrected chi connectivity index (χ2v) is 15.9. The fraction of sp³-hybridized carbons (Fsp3) is 0.700. The zero-order chi connectivity index (χ0) is 40.4. The van der Waals surface area contributed by atoms with Gasteiger partial charge in [-0.25, -0.2) is 9.78 Å². The predicted octanol–water partition coefficient (Wildman–Crippen LogP) is 4.61. The molecule has 56 heavy (non-hydrogen) atoms. The van der Waals surface area contributed by atoms with Crippen molar-refractivity contribution in [3.05, 3.63) is 36.9 Å². The Morgan fingerprint density at radius 2 is 1.73 bits per heavy atom. The molecule has 2 heterocycles. The van der Waals surface area contributed by atoms with Crippen molar-refractivity contribution in [3.8, 4) is 0 Å². The number of ketones is 1. The second kappa shape index (κ2) is 19.7. The van der Waals surface area contributed by atoms with Crippen molar-refractivity contribution in [2.75, 3.05) is 13.1 Å². The molecule has 0 spiro atoms. The van der Waals surface area contributed by atoms with Crippen LogP contribution in [0.3, 0.4) is 0 Å². The Hall–Kier alpha value is -4.37. The Morgan fingerprint density at radius 3 is 2.38 bits per heavy atom. The van der Waals surface area contributed by atoms with Crippen LogP contribution in [-0.4, -0.2) is 93.7 Å². The third-order valence-corrected chi connectivity index (χ3v) is 11.9. The van der Waals surface area contributed by atoms with E-state index in [1.807, 2.05) is 0 Å². The minimum Gasteiger partial charge on any atom is -0.445 e. The van der Waals surface area contributed by atoms with Crippen LogP contribution in [0, 0.1) is 29.6 Å². The van der Waals surface area contributed by atoms with Gasteiger partial charge in [0.15, 0.2) is 11.9 Å². The smallest absolute Gasteiger partial charge is 0.445 e. The number of likely N-dealkylation sites (tertiary alicyclic amines) is 1. The number of halogens is 3. The third kappa shape index (κ3) is 11.4. The first-order valence-corrected chi connectivity index (χ1v) is 20.2. The van der Waals surface area contributed by atoms with E-state index in [0.29, 0.717) is 38.6 Å². The summed E-state index contributed by atoms with van der Waals surface area (Å²) in [6.07, 6.45) is 7.63. The summed E-state index contributed by atoms with van der Waals surface area (Å²) >= 11 is 0. The highest BCUT2D eigenvalue weighted by atomic mass is 19.4. The molecule has 4 amide bonds. The molecular formula is C40H55F3N6O7. The molecule has 0 aromatic carbocycles. The van der Waals surface area contributed by atoms with Gasteiger partial charge >= 0.3 is 12.1 Å². The van der Waals surface area contributed by atoms with Crippen molar-refractivity contribution in [1.82, 2.24) is 30.8 Å². The number of Topliss-reactive ketones (excluding diaryl/α,β-unsaturated/α-hetero) is 1. The molecule has 308 valence electrons. The monoisotopic (exact) mass is 788 g/mol. The summed E-state index contributed by atoms with van der Waals surface area (Å²) in [4.78, 5) is 89.8. The van der Waals surface area contributed by atoms with E-state index in [1.54, 1.807) is 11.8 Å². The molecule has 1 unspecified atom stereocenters. The van der Waals surface area contributed by atoms with Crippen LogP contribution in [0.15, 0.2) is 31.2 Å². The Morgan fingerprint density at radius 1 is 0.982 bits per heavy atom. The van der Waals surface area contributed by atoms with Crippen molar-refractivity contribution >= 4 is 35.4 Å². The van der Waals surface area contributed by atoms with Crippen molar-refractivity contribution in [2.24, 2.45) is 29.6 Å². The van der Waals surface area contributed by atoms with Gasteiger partial charge in [0.25, 0.3) is 11.8 Å². The van der Waals surface area contributed by atoms with E-state index in [1.165, 1.54) is 18.6 Å². The molecule has 4 fully saturated rings. The minimum atomic E-state index is -5.34. The molecule has 13 nitrogen and oxygen atoms in total. The van der Waals surface area contributed by atoms with E-state index in [2.05, 4.69) is 32.5 Å². The number of fused-ring (bicyclic) bond motifs is 1. The quantitative estimate of drug-likeness (QED) is 0.134. The number of rotatable bonds is 19. The van der Waals surface area contributed by atoms with Gasteiger partial charge in [0.2, 0.25) is 11.8 Å². The van der Waals surface area contributed by atoms with Crippen LogP contribution in [0.4, 0.5) is 13.2 Å². The molecular weight excluding hydrogens is 733 g/mol. The fourth-order valence-electron chi connectivity index (χ4n) is 8.96. The maximum Gasteiger partial charge on any atom is 0.490 e. The minimum absolute atomic E-state index is 0.0271. The molecule has 1 saturated heterocycles. The van der Waals surface area contributed by atoms with Gasteiger partial charge in [0.1, 0.15) is 5.69 Å². The number of amides is 4. The number of carbonyl (C=O) groups is 6. The molecule has 1 aliphatic heterocycles. The number of esters is 1. The van der Waals surface area contributed by atoms with E-state index < -0.39 is 53.7 Å². The van der Waals surface area contributed by atoms with Crippen LogP contribution >= 0.6 is 0 Å². The SMILES string of the molecule is C=CC(=O)NC[C@H](CC[C@@H](NC(=O)c1cnccn1)C1CCCCC1)C(=O)N1C[C@@H]2CCC[C@@H]2[C@H]1C(=O)C[C@@H](CCC)C(OC(=O)C(F)(F)F)C(=O)NC1CC1. The molecule has 4 aliphatic rings. The molecule has 0 bridgehead atoms. The first-order valence-electron chi connectivity index (χ1n) is 20.2. The lowest BCUT2D eigenvalue weighted by molar-refractivity contribution is -0.208. The van der Waals surface area contributed by atoms with Gasteiger partial charge in [-0.15, -0.1) is 0 Å². The van der Waals surface area contributed by atoms with Crippen LogP contribution in [0.2, 0.25) is 0 Å².